The first-order valence-corrected chi connectivity index (χ1v) is 8.28. The lowest BCUT2D eigenvalue weighted by molar-refractivity contribution is -0.116. The van der Waals surface area contributed by atoms with Crippen LogP contribution in [0.1, 0.15) is 40.5 Å². The zero-order valence-electron chi connectivity index (χ0n) is 11.8. The summed E-state index contributed by atoms with van der Waals surface area (Å²) in [4.78, 5) is 0. The molecule has 4 unspecified atom stereocenters. The van der Waals surface area contributed by atoms with Crippen LogP contribution in [0.25, 0.3) is 0 Å². The summed E-state index contributed by atoms with van der Waals surface area (Å²) >= 11 is 0. The van der Waals surface area contributed by atoms with E-state index in [1.807, 2.05) is 0 Å². The van der Waals surface area contributed by atoms with E-state index in [0.717, 1.165) is 25.2 Å². The molecule has 1 aliphatic rings. The van der Waals surface area contributed by atoms with Gasteiger partial charge in [-0.1, -0.05) is 13.8 Å². The number of rotatable bonds is 7. The van der Waals surface area contributed by atoms with Gasteiger partial charge in [0, 0.05) is 46.9 Å². The fraction of sp³-hybridized carbons (Fsp3) is 1.00. The van der Waals surface area contributed by atoms with Crippen LogP contribution in [0.5, 0.6) is 0 Å². The zero-order chi connectivity index (χ0) is 13.1. The average molecular weight is 261 g/mol. The average Bonchev–Trinajstić information content (AvgIpc) is 2.25. The van der Waals surface area contributed by atoms with Crippen molar-refractivity contribution in [2.45, 2.75) is 58.7 Å². The fourth-order valence-electron chi connectivity index (χ4n) is 2.42. The van der Waals surface area contributed by atoms with Gasteiger partial charge in [0.2, 0.25) is 0 Å². The van der Waals surface area contributed by atoms with Crippen LogP contribution in [0, 0.1) is 5.41 Å². The third kappa shape index (κ3) is 4.04. The molecule has 0 aromatic rings. The van der Waals surface area contributed by atoms with Crippen LogP contribution in [0.3, 0.4) is 0 Å². The summed E-state index contributed by atoms with van der Waals surface area (Å²) in [6.45, 7) is 9.55. The molecule has 4 heteroatoms. The first kappa shape index (κ1) is 15.1. The lowest BCUT2D eigenvalue weighted by Gasteiger charge is -2.52. The van der Waals surface area contributed by atoms with Gasteiger partial charge in [0.1, 0.15) is 0 Å². The maximum Gasteiger partial charge on any atom is 0.0655 e. The summed E-state index contributed by atoms with van der Waals surface area (Å²) in [5.74, 6) is 0.788. The highest BCUT2D eigenvalue weighted by atomic mass is 32.2. The first-order chi connectivity index (χ1) is 7.87. The largest absolute Gasteiger partial charge is 0.378 e. The minimum atomic E-state index is -0.679. The predicted octanol–water partition coefficient (Wildman–Crippen LogP) is 1.94. The monoisotopic (exact) mass is 261 g/mol. The molecule has 0 aromatic heterocycles. The molecule has 1 N–H and O–H groups in total. The van der Waals surface area contributed by atoms with Crippen molar-refractivity contribution >= 4 is 10.8 Å². The lowest BCUT2D eigenvalue weighted by Crippen LogP contribution is -2.62. The van der Waals surface area contributed by atoms with Gasteiger partial charge in [0.15, 0.2) is 0 Å². The third-order valence-corrected chi connectivity index (χ3v) is 4.68. The highest BCUT2D eigenvalue weighted by Gasteiger charge is 2.48. The molecule has 17 heavy (non-hydrogen) atoms. The molecule has 0 aliphatic heterocycles. The molecule has 0 saturated heterocycles. The molecule has 0 bridgehead atoms. The Morgan fingerprint density at radius 2 is 2.18 bits per heavy atom. The highest BCUT2D eigenvalue weighted by Crippen LogP contribution is 2.42. The van der Waals surface area contributed by atoms with Gasteiger partial charge in [-0.25, -0.2) is 0 Å². The van der Waals surface area contributed by atoms with Gasteiger partial charge in [0.25, 0.3) is 0 Å². The number of nitrogens with one attached hydrogen (secondary N) is 1. The molecule has 1 rings (SSSR count). The smallest absolute Gasteiger partial charge is 0.0655 e. The molecule has 0 aromatic carbocycles. The van der Waals surface area contributed by atoms with Crippen molar-refractivity contribution in [3.05, 3.63) is 0 Å². The Morgan fingerprint density at radius 1 is 1.53 bits per heavy atom. The normalized spacial score (nSPS) is 30.6. The topological polar surface area (TPSA) is 38.3 Å². The van der Waals surface area contributed by atoms with Gasteiger partial charge >= 0.3 is 0 Å². The summed E-state index contributed by atoms with van der Waals surface area (Å²) in [7, 11) is -0.679. The van der Waals surface area contributed by atoms with Crippen LogP contribution in [0.4, 0.5) is 0 Å². The van der Waals surface area contributed by atoms with Crippen molar-refractivity contribution in [2.75, 3.05) is 18.6 Å². The Bertz CT molecular complexity index is 268. The second-order valence-corrected chi connectivity index (χ2v) is 7.24. The molecule has 3 nitrogen and oxygen atoms in total. The van der Waals surface area contributed by atoms with Crippen LogP contribution in [-0.4, -0.2) is 41.0 Å². The van der Waals surface area contributed by atoms with Gasteiger partial charge in [-0.15, -0.1) is 0 Å². The van der Waals surface area contributed by atoms with E-state index >= 15 is 0 Å². The third-order valence-electron chi connectivity index (χ3n) is 3.87. The molecule has 102 valence electrons. The van der Waals surface area contributed by atoms with Gasteiger partial charge in [0.05, 0.1) is 6.10 Å². The van der Waals surface area contributed by atoms with E-state index in [1.165, 1.54) is 0 Å². The van der Waals surface area contributed by atoms with Crippen molar-refractivity contribution in [1.82, 2.24) is 5.32 Å². The van der Waals surface area contributed by atoms with E-state index in [1.54, 1.807) is 6.26 Å². The van der Waals surface area contributed by atoms with Crippen LogP contribution < -0.4 is 5.32 Å². The van der Waals surface area contributed by atoms with Crippen molar-refractivity contribution < 1.29 is 8.95 Å². The number of hydrogen-bond acceptors (Lipinski definition) is 3. The van der Waals surface area contributed by atoms with Gasteiger partial charge in [-0.05, 0) is 26.7 Å². The molecular weight excluding hydrogens is 234 g/mol. The molecule has 4 atom stereocenters. The van der Waals surface area contributed by atoms with E-state index in [9.17, 15) is 4.21 Å². The van der Waals surface area contributed by atoms with Crippen molar-refractivity contribution in [3.8, 4) is 0 Å². The minimum Gasteiger partial charge on any atom is -0.378 e. The molecule has 1 saturated carbocycles. The van der Waals surface area contributed by atoms with Crippen LogP contribution >= 0.6 is 0 Å². The summed E-state index contributed by atoms with van der Waals surface area (Å²) in [5, 5.41) is 3.64. The Morgan fingerprint density at radius 3 is 2.65 bits per heavy atom. The van der Waals surface area contributed by atoms with Crippen molar-refractivity contribution in [1.29, 1.82) is 0 Å². The molecule has 0 radical (unpaired) electrons. The number of ether oxygens (including phenoxy) is 1. The molecule has 0 amide bonds. The molecular formula is C13H27NO2S. The van der Waals surface area contributed by atoms with Gasteiger partial charge in [-0.3, -0.25) is 4.21 Å². The zero-order valence-corrected chi connectivity index (χ0v) is 12.6. The molecule has 1 aliphatic carbocycles. The second kappa shape index (κ2) is 6.30. The summed E-state index contributed by atoms with van der Waals surface area (Å²) in [6.07, 6.45) is 4.23. The fourth-order valence-corrected chi connectivity index (χ4v) is 3.11. The summed E-state index contributed by atoms with van der Waals surface area (Å²) < 4.78 is 16.8. The van der Waals surface area contributed by atoms with E-state index < -0.39 is 10.8 Å². The van der Waals surface area contributed by atoms with Crippen LogP contribution in [-0.2, 0) is 15.5 Å². The van der Waals surface area contributed by atoms with E-state index in [-0.39, 0.29) is 5.41 Å². The Kier molecular flexibility index (Phi) is 5.61. The number of hydrogen-bond donors (Lipinski definition) is 1. The highest BCUT2D eigenvalue weighted by molar-refractivity contribution is 7.84. The molecule has 0 spiro atoms. The summed E-state index contributed by atoms with van der Waals surface area (Å²) in [5.41, 5.74) is 0.218. The first-order valence-electron chi connectivity index (χ1n) is 6.55. The quantitative estimate of drug-likeness (QED) is 0.761. The maximum atomic E-state index is 11.0. The predicted molar refractivity (Wildman–Crippen MR) is 73.7 cm³/mol. The lowest BCUT2D eigenvalue weighted by atomic mass is 9.64. The van der Waals surface area contributed by atoms with E-state index in [4.69, 9.17) is 4.74 Å². The van der Waals surface area contributed by atoms with Crippen LogP contribution in [0.2, 0.25) is 0 Å². The van der Waals surface area contributed by atoms with Gasteiger partial charge in [-0.2, -0.15) is 0 Å². The van der Waals surface area contributed by atoms with E-state index in [2.05, 4.69) is 33.0 Å². The Hall–Kier alpha value is 0.0700. The van der Waals surface area contributed by atoms with Crippen molar-refractivity contribution in [3.63, 3.8) is 0 Å². The van der Waals surface area contributed by atoms with Gasteiger partial charge < -0.3 is 10.1 Å². The van der Waals surface area contributed by atoms with Crippen LogP contribution in [0.15, 0.2) is 0 Å². The second-order valence-electron chi connectivity index (χ2n) is 5.69. The molecule has 0 heterocycles. The standard InChI is InChI=1S/C13H27NO2S/c1-6-16-12-9-11(13(12,3)4)14-10(2)7-8-17(5)15/h10-12,14H,6-9H2,1-5H3. The Balaban J connectivity index is 2.31. The van der Waals surface area contributed by atoms with Crippen molar-refractivity contribution in [2.24, 2.45) is 5.41 Å². The van der Waals surface area contributed by atoms with E-state index in [0.29, 0.717) is 18.2 Å². The molecule has 1 fully saturated rings. The minimum absolute atomic E-state index is 0.218. The SMILES string of the molecule is CCOC1CC(NC(C)CCS(C)=O)C1(C)C. The maximum absolute atomic E-state index is 11.0. The Labute approximate surface area is 108 Å². The summed E-state index contributed by atoms with van der Waals surface area (Å²) in [6, 6.07) is 0.963.